The van der Waals surface area contributed by atoms with Gasteiger partial charge in [0.15, 0.2) is 0 Å². The minimum absolute atomic E-state index is 0.0677. The Hall–Kier alpha value is -1.98. The van der Waals surface area contributed by atoms with Crippen LogP contribution in [0.4, 0.5) is 11.4 Å². The van der Waals surface area contributed by atoms with Gasteiger partial charge in [-0.2, -0.15) is 0 Å². The van der Waals surface area contributed by atoms with Gasteiger partial charge in [-0.3, -0.25) is 10.1 Å². The second-order valence-corrected chi connectivity index (χ2v) is 5.31. The number of nitrogens with zero attached hydrogens (tertiary/aromatic N) is 1. The first kappa shape index (κ1) is 15.4. The molecule has 0 atom stereocenters. The molecule has 2 N–H and O–H groups in total. The number of halogens is 2. The van der Waals surface area contributed by atoms with Crippen LogP contribution in [0.1, 0.15) is 11.1 Å². The summed E-state index contributed by atoms with van der Waals surface area (Å²) in [6.45, 7) is 1.89. The number of non-ortho nitro benzene ring substituents is 1. The highest BCUT2D eigenvalue weighted by Gasteiger charge is 2.14. The lowest BCUT2D eigenvalue weighted by Crippen LogP contribution is -2.02. The lowest BCUT2D eigenvalue weighted by Gasteiger charge is -2.12. The van der Waals surface area contributed by atoms with E-state index in [2.05, 4.69) is 0 Å². The van der Waals surface area contributed by atoms with Crippen molar-refractivity contribution in [2.45, 2.75) is 13.5 Å². The van der Waals surface area contributed by atoms with E-state index in [0.29, 0.717) is 21.4 Å². The van der Waals surface area contributed by atoms with Crippen LogP contribution in [-0.2, 0) is 6.61 Å². The Labute approximate surface area is 131 Å². The predicted octanol–water partition coefficient (Wildman–Crippen LogP) is 4.37. The second-order valence-electron chi connectivity index (χ2n) is 4.46. The van der Waals surface area contributed by atoms with Gasteiger partial charge in [0.1, 0.15) is 12.4 Å². The second kappa shape index (κ2) is 6.20. The van der Waals surface area contributed by atoms with Crippen LogP contribution in [0.3, 0.4) is 0 Å². The maximum atomic E-state index is 10.8. The van der Waals surface area contributed by atoms with E-state index < -0.39 is 4.92 Å². The van der Waals surface area contributed by atoms with E-state index in [-0.39, 0.29) is 18.0 Å². The van der Waals surface area contributed by atoms with Crippen LogP contribution in [0.2, 0.25) is 10.0 Å². The molecule has 0 aromatic heterocycles. The minimum atomic E-state index is -0.497. The zero-order valence-corrected chi connectivity index (χ0v) is 12.6. The number of aryl methyl sites for hydroxylation is 1. The first-order chi connectivity index (χ1) is 9.88. The van der Waals surface area contributed by atoms with E-state index in [1.54, 1.807) is 25.1 Å². The van der Waals surface area contributed by atoms with Crippen LogP contribution in [0.15, 0.2) is 30.3 Å². The van der Waals surface area contributed by atoms with Crippen LogP contribution in [0, 0.1) is 17.0 Å². The van der Waals surface area contributed by atoms with E-state index in [1.807, 2.05) is 0 Å². The Morgan fingerprint density at radius 2 is 2.00 bits per heavy atom. The number of ether oxygens (including phenoxy) is 1. The molecule has 0 saturated carbocycles. The standard InChI is InChI=1S/C14H12Cl2N2O3/c1-8-4-11(18(19)20)6-13(17)14(8)21-7-9-2-3-10(15)5-12(9)16/h2-6H,7,17H2,1H3. The highest BCUT2D eigenvalue weighted by atomic mass is 35.5. The first-order valence-corrected chi connectivity index (χ1v) is 6.75. The molecule has 0 fully saturated rings. The molecule has 5 nitrogen and oxygen atoms in total. The van der Waals surface area contributed by atoms with Crippen molar-refractivity contribution in [3.63, 3.8) is 0 Å². The van der Waals surface area contributed by atoms with Crippen LogP contribution in [-0.4, -0.2) is 4.92 Å². The average molecular weight is 327 g/mol. The van der Waals surface area contributed by atoms with Gasteiger partial charge in [-0.25, -0.2) is 0 Å². The summed E-state index contributed by atoms with van der Waals surface area (Å²) in [6, 6.07) is 7.76. The predicted molar refractivity (Wildman–Crippen MR) is 83.0 cm³/mol. The Bertz CT molecular complexity index is 682. The van der Waals surface area contributed by atoms with E-state index >= 15 is 0 Å². The molecule has 0 aliphatic carbocycles. The molecule has 2 aromatic rings. The van der Waals surface area contributed by atoms with Crippen molar-refractivity contribution in [3.8, 4) is 5.75 Å². The van der Waals surface area contributed by atoms with Crippen molar-refractivity contribution in [1.29, 1.82) is 0 Å². The van der Waals surface area contributed by atoms with Gasteiger partial charge in [0.05, 0.1) is 10.6 Å². The number of nitrogens with two attached hydrogens (primary N) is 1. The highest BCUT2D eigenvalue weighted by Crippen LogP contribution is 2.32. The number of benzene rings is 2. The largest absolute Gasteiger partial charge is 0.486 e. The summed E-state index contributed by atoms with van der Waals surface area (Å²) in [4.78, 5) is 10.3. The van der Waals surface area contributed by atoms with Gasteiger partial charge in [0, 0.05) is 27.7 Å². The quantitative estimate of drug-likeness (QED) is 0.514. The Kier molecular flexibility index (Phi) is 4.55. The third-order valence-corrected chi connectivity index (χ3v) is 3.47. The number of hydrogen-bond acceptors (Lipinski definition) is 4. The van der Waals surface area contributed by atoms with Gasteiger partial charge in [-0.1, -0.05) is 29.3 Å². The lowest BCUT2D eigenvalue weighted by molar-refractivity contribution is -0.384. The number of nitrogen functional groups attached to an aromatic ring is 1. The van der Waals surface area contributed by atoms with Gasteiger partial charge in [-0.05, 0) is 24.6 Å². The van der Waals surface area contributed by atoms with Crippen LogP contribution < -0.4 is 10.5 Å². The van der Waals surface area contributed by atoms with Crippen LogP contribution in [0.5, 0.6) is 5.75 Å². The molecule has 0 aliphatic rings. The molecule has 0 saturated heterocycles. The molecule has 0 bridgehead atoms. The Morgan fingerprint density at radius 3 is 2.57 bits per heavy atom. The molecule has 0 aliphatic heterocycles. The molecule has 0 radical (unpaired) electrons. The molecule has 0 unspecified atom stereocenters. The normalized spacial score (nSPS) is 10.4. The fourth-order valence-corrected chi connectivity index (χ4v) is 2.34. The Morgan fingerprint density at radius 1 is 1.29 bits per heavy atom. The van der Waals surface area contributed by atoms with Gasteiger partial charge >= 0.3 is 0 Å². The molecular weight excluding hydrogens is 315 g/mol. The van der Waals surface area contributed by atoms with Gasteiger partial charge in [0.2, 0.25) is 0 Å². The molecule has 0 spiro atoms. The zero-order chi connectivity index (χ0) is 15.6. The van der Waals surface area contributed by atoms with Gasteiger partial charge in [0.25, 0.3) is 5.69 Å². The van der Waals surface area contributed by atoms with Gasteiger partial charge in [-0.15, -0.1) is 0 Å². The van der Waals surface area contributed by atoms with Crippen molar-refractivity contribution in [1.82, 2.24) is 0 Å². The van der Waals surface area contributed by atoms with E-state index in [4.69, 9.17) is 33.7 Å². The van der Waals surface area contributed by atoms with Crippen LogP contribution >= 0.6 is 23.2 Å². The Balaban J connectivity index is 2.22. The monoisotopic (exact) mass is 326 g/mol. The maximum absolute atomic E-state index is 10.8. The topological polar surface area (TPSA) is 78.4 Å². The molecule has 2 aromatic carbocycles. The number of hydrogen-bond donors (Lipinski definition) is 1. The summed E-state index contributed by atoms with van der Waals surface area (Å²) in [5.41, 5.74) is 7.29. The van der Waals surface area contributed by atoms with Crippen LogP contribution in [0.25, 0.3) is 0 Å². The lowest BCUT2D eigenvalue weighted by atomic mass is 10.1. The number of nitro benzene ring substituents is 1. The summed E-state index contributed by atoms with van der Waals surface area (Å²) in [6.07, 6.45) is 0. The molecule has 0 amide bonds. The molecule has 21 heavy (non-hydrogen) atoms. The number of rotatable bonds is 4. The van der Waals surface area contributed by atoms with E-state index in [0.717, 1.165) is 5.56 Å². The van der Waals surface area contributed by atoms with Crippen molar-refractivity contribution in [2.24, 2.45) is 0 Å². The first-order valence-electron chi connectivity index (χ1n) is 5.99. The third-order valence-electron chi connectivity index (χ3n) is 2.89. The minimum Gasteiger partial charge on any atom is -0.486 e. The van der Waals surface area contributed by atoms with Crippen molar-refractivity contribution in [2.75, 3.05) is 5.73 Å². The summed E-state index contributed by atoms with van der Waals surface area (Å²) < 4.78 is 5.63. The molecule has 7 heteroatoms. The van der Waals surface area contributed by atoms with E-state index in [1.165, 1.54) is 12.1 Å². The average Bonchev–Trinajstić information content (AvgIpc) is 2.39. The van der Waals surface area contributed by atoms with E-state index in [9.17, 15) is 10.1 Å². The smallest absolute Gasteiger partial charge is 0.272 e. The zero-order valence-electron chi connectivity index (χ0n) is 11.1. The number of nitro groups is 1. The summed E-state index contributed by atoms with van der Waals surface area (Å²) >= 11 is 11.9. The molecule has 2 rings (SSSR count). The summed E-state index contributed by atoms with van der Waals surface area (Å²) in [5.74, 6) is 0.409. The highest BCUT2D eigenvalue weighted by molar-refractivity contribution is 6.35. The number of anilines is 1. The molecular formula is C14H12Cl2N2O3. The van der Waals surface area contributed by atoms with Crippen molar-refractivity contribution < 1.29 is 9.66 Å². The fraction of sp³-hybridized carbons (Fsp3) is 0.143. The SMILES string of the molecule is Cc1cc([N+](=O)[O-])cc(N)c1OCc1ccc(Cl)cc1Cl. The third kappa shape index (κ3) is 3.56. The van der Waals surface area contributed by atoms with Crippen molar-refractivity contribution in [3.05, 3.63) is 61.6 Å². The van der Waals surface area contributed by atoms with Gasteiger partial charge < -0.3 is 10.5 Å². The summed E-state index contributed by atoms with van der Waals surface area (Å²) in [7, 11) is 0. The summed E-state index contributed by atoms with van der Waals surface area (Å²) in [5, 5.41) is 11.8. The maximum Gasteiger partial charge on any atom is 0.272 e. The van der Waals surface area contributed by atoms with Crippen molar-refractivity contribution >= 4 is 34.6 Å². The molecule has 110 valence electrons. The molecule has 0 heterocycles. The fourth-order valence-electron chi connectivity index (χ4n) is 1.87.